The number of rotatable bonds is 6. The molecule has 0 aliphatic heterocycles. The number of halogens is 3. The molecule has 0 spiro atoms. The van der Waals surface area contributed by atoms with Crippen LogP contribution >= 0.6 is 0 Å². The number of hydrogen-bond acceptors (Lipinski definition) is 6. The summed E-state index contributed by atoms with van der Waals surface area (Å²) in [5.41, 5.74) is 3.03. The van der Waals surface area contributed by atoms with E-state index in [1.54, 1.807) is 18.3 Å². The quantitative estimate of drug-likeness (QED) is 0.431. The maximum absolute atomic E-state index is 12.6. The van der Waals surface area contributed by atoms with E-state index in [9.17, 15) is 28.3 Å². The highest BCUT2D eigenvalue weighted by Crippen LogP contribution is 2.35. The van der Waals surface area contributed by atoms with Gasteiger partial charge in [0.15, 0.2) is 0 Å². The van der Waals surface area contributed by atoms with Gasteiger partial charge in [-0.1, -0.05) is 38.1 Å². The van der Waals surface area contributed by atoms with Crippen LogP contribution in [0.25, 0.3) is 10.9 Å². The smallest absolute Gasteiger partial charge is 0.490 e. The number of carboxylic acid groups (broad SMARTS) is 1. The van der Waals surface area contributed by atoms with E-state index in [0.29, 0.717) is 23.1 Å². The molecular formula is C26H27F3N4O4. The van der Waals surface area contributed by atoms with Gasteiger partial charge in [-0.05, 0) is 29.7 Å². The van der Waals surface area contributed by atoms with Crippen molar-refractivity contribution < 1.29 is 33.0 Å². The number of carbonyl (C=O) groups is 2. The lowest BCUT2D eigenvalue weighted by Crippen LogP contribution is -2.30. The van der Waals surface area contributed by atoms with E-state index >= 15 is 0 Å². The first-order valence-electron chi connectivity index (χ1n) is 11.1. The third-order valence-corrected chi connectivity index (χ3v) is 5.19. The first-order valence-corrected chi connectivity index (χ1v) is 11.1. The second-order valence-corrected chi connectivity index (χ2v) is 8.76. The fourth-order valence-corrected chi connectivity index (χ4v) is 3.52. The third kappa shape index (κ3) is 7.57. The highest BCUT2D eigenvalue weighted by atomic mass is 19.4. The van der Waals surface area contributed by atoms with Crippen LogP contribution in [0.5, 0.6) is 5.75 Å². The predicted molar refractivity (Wildman–Crippen MR) is 132 cm³/mol. The molecule has 0 aliphatic rings. The Morgan fingerprint density at radius 3 is 2.35 bits per heavy atom. The van der Waals surface area contributed by atoms with Gasteiger partial charge in [-0.25, -0.2) is 4.79 Å². The molecule has 37 heavy (non-hydrogen) atoms. The summed E-state index contributed by atoms with van der Waals surface area (Å²) in [5.74, 6) is -2.65. The Labute approximate surface area is 212 Å². The normalized spacial score (nSPS) is 11.8. The number of aliphatic carboxylic acids is 1. The Morgan fingerprint density at radius 1 is 1.16 bits per heavy atom. The molecule has 0 saturated carbocycles. The summed E-state index contributed by atoms with van der Waals surface area (Å²) in [6.45, 7) is 3.96. The number of nitrogens with one attached hydrogen (secondary N) is 1. The first-order chi connectivity index (χ1) is 17.3. The van der Waals surface area contributed by atoms with E-state index in [0.717, 1.165) is 16.6 Å². The summed E-state index contributed by atoms with van der Waals surface area (Å²) in [6, 6.07) is 14.5. The molecule has 0 bridgehead atoms. The number of fused-ring (bicyclic) bond motifs is 1. The van der Waals surface area contributed by atoms with Crippen molar-refractivity contribution in [3.63, 3.8) is 0 Å². The summed E-state index contributed by atoms with van der Waals surface area (Å²) < 4.78 is 31.7. The summed E-state index contributed by atoms with van der Waals surface area (Å²) in [7, 11) is 3.75. The lowest BCUT2D eigenvalue weighted by atomic mass is 9.94. The minimum atomic E-state index is -5.08. The van der Waals surface area contributed by atoms with Gasteiger partial charge in [0.05, 0.1) is 17.3 Å². The number of carboxylic acids is 1. The standard InChI is InChI=1S/C24H26N4O2.C2HF3O2/c1-15(2)12-21(29)27-22(17-8-10-20(28(3)4)18(13-17)14-25)19-9-7-16-6-5-11-26-23(16)24(19)30;3-2(4,5)1(6)7/h5-11,13,15,22,30H,12H2,1-4H3,(H,27,29);(H,6,7). The van der Waals surface area contributed by atoms with Gasteiger partial charge in [-0.3, -0.25) is 9.78 Å². The van der Waals surface area contributed by atoms with Gasteiger partial charge < -0.3 is 20.4 Å². The van der Waals surface area contributed by atoms with E-state index in [4.69, 9.17) is 9.90 Å². The van der Waals surface area contributed by atoms with Crippen LogP contribution in [0.3, 0.4) is 0 Å². The van der Waals surface area contributed by atoms with Crippen LogP contribution in [-0.4, -0.2) is 47.3 Å². The Kier molecular flexibility index (Phi) is 9.43. The molecule has 1 unspecified atom stereocenters. The third-order valence-electron chi connectivity index (χ3n) is 5.19. The van der Waals surface area contributed by atoms with E-state index in [1.165, 1.54) is 0 Å². The number of aromatic hydroxyl groups is 1. The number of alkyl halides is 3. The van der Waals surface area contributed by atoms with Crippen molar-refractivity contribution in [2.24, 2.45) is 5.92 Å². The van der Waals surface area contributed by atoms with Crippen molar-refractivity contribution in [2.75, 3.05) is 19.0 Å². The first kappa shape index (κ1) is 28.9. The minimum absolute atomic E-state index is 0.0261. The fourth-order valence-electron chi connectivity index (χ4n) is 3.52. The van der Waals surface area contributed by atoms with Crippen LogP contribution in [0.4, 0.5) is 18.9 Å². The van der Waals surface area contributed by atoms with Gasteiger partial charge in [-0.15, -0.1) is 0 Å². The van der Waals surface area contributed by atoms with E-state index < -0.39 is 18.2 Å². The van der Waals surface area contributed by atoms with E-state index in [1.807, 2.05) is 63.2 Å². The highest BCUT2D eigenvalue weighted by molar-refractivity contribution is 5.86. The maximum atomic E-state index is 12.6. The average Bonchev–Trinajstić information content (AvgIpc) is 2.82. The molecule has 11 heteroatoms. The van der Waals surface area contributed by atoms with Gasteiger partial charge >= 0.3 is 12.1 Å². The van der Waals surface area contributed by atoms with E-state index in [-0.39, 0.29) is 17.6 Å². The number of amides is 1. The van der Waals surface area contributed by atoms with Crippen molar-refractivity contribution in [2.45, 2.75) is 32.5 Å². The number of phenols is 1. The molecule has 0 aliphatic carbocycles. The summed E-state index contributed by atoms with van der Waals surface area (Å²) in [5, 5.41) is 31.5. The topological polar surface area (TPSA) is 127 Å². The number of anilines is 1. The van der Waals surface area contributed by atoms with Crippen molar-refractivity contribution in [3.05, 3.63) is 65.4 Å². The molecule has 0 radical (unpaired) electrons. The molecule has 3 aromatic rings. The molecule has 0 fully saturated rings. The maximum Gasteiger partial charge on any atom is 0.490 e. The van der Waals surface area contributed by atoms with Gasteiger partial charge in [0.2, 0.25) is 5.91 Å². The number of carbonyl (C=O) groups excluding carboxylic acids is 1. The van der Waals surface area contributed by atoms with Crippen molar-refractivity contribution in [3.8, 4) is 11.8 Å². The number of aromatic nitrogens is 1. The lowest BCUT2D eigenvalue weighted by Gasteiger charge is -2.23. The van der Waals surface area contributed by atoms with Crippen molar-refractivity contribution in [1.29, 1.82) is 5.26 Å². The number of nitriles is 1. The zero-order valence-electron chi connectivity index (χ0n) is 20.7. The van der Waals surface area contributed by atoms with Crippen LogP contribution < -0.4 is 10.2 Å². The molecule has 1 amide bonds. The Morgan fingerprint density at radius 2 is 1.81 bits per heavy atom. The van der Waals surface area contributed by atoms with Gasteiger partial charge in [0.1, 0.15) is 17.3 Å². The van der Waals surface area contributed by atoms with Crippen LogP contribution in [0.1, 0.15) is 43.0 Å². The number of phenolic OH excluding ortho intramolecular Hbond substituents is 1. The molecule has 1 heterocycles. The number of pyridine rings is 1. The second kappa shape index (κ2) is 12.1. The molecule has 196 valence electrons. The Balaban J connectivity index is 0.000000604. The zero-order chi connectivity index (χ0) is 27.9. The zero-order valence-corrected chi connectivity index (χ0v) is 20.7. The number of nitrogens with zero attached hydrogens (tertiary/aromatic N) is 3. The molecule has 0 saturated heterocycles. The van der Waals surface area contributed by atoms with Crippen molar-refractivity contribution >= 4 is 28.5 Å². The molecule has 8 nitrogen and oxygen atoms in total. The Hall–Kier alpha value is -4.33. The molecule has 2 aromatic carbocycles. The summed E-state index contributed by atoms with van der Waals surface area (Å²) in [6.07, 6.45) is -3.10. The summed E-state index contributed by atoms with van der Waals surface area (Å²) in [4.78, 5) is 27.7. The van der Waals surface area contributed by atoms with Crippen LogP contribution in [-0.2, 0) is 9.59 Å². The molecule has 3 rings (SSSR count). The highest BCUT2D eigenvalue weighted by Gasteiger charge is 2.38. The largest absolute Gasteiger partial charge is 0.505 e. The average molecular weight is 517 g/mol. The number of benzene rings is 2. The van der Waals surface area contributed by atoms with Crippen LogP contribution in [0.2, 0.25) is 0 Å². The number of hydrogen-bond donors (Lipinski definition) is 3. The lowest BCUT2D eigenvalue weighted by molar-refractivity contribution is -0.192. The fraction of sp³-hybridized carbons (Fsp3) is 0.308. The predicted octanol–water partition coefficient (Wildman–Crippen LogP) is 4.76. The second-order valence-electron chi connectivity index (χ2n) is 8.76. The van der Waals surface area contributed by atoms with Crippen LogP contribution in [0.15, 0.2) is 48.7 Å². The molecule has 1 aromatic heterocycles. The minimum Gasteiger partial charge on any atom is -0.505 e. The monoisotopic (exact) mass is 516 g/mol. The van der Waals surface area contributed by atoms with Gasteiger partial charge in [0.25, 0.3) is 0 Å². The molecular weight excluding hydrogens is 489 g/mol. The summed E-state index contributed by atoms with van der Waals surface area (Å²) >= 11 is 0. The van der Waals surface area contributed by atoms with Crippen molar-refractivity contribution in [1.82, 2.24) is 10.3 Å². The van der Waals surface area contributed by atoms with Gasteiger partial charge in [-0.2, -0.15) is 18.4 Å². The van der Waals surface area contributed by atoms with Crippen LogP contribution in [0, 0.1) is 17.2 Å². The molecule has 1 atom stereocenters. The van der Waals surface area contributed by atoms with E-state index in [2.05, 4.69) is 16.4 Å². The Bertz CT molecular complexity index is 1320. The SMILES string of the molecule is CC(C)CC(=O)NC(c1ccc(N(C)C)c(C#N)c1)c1ccc2cccnc2c1O.O=C(O)C(F)(F)F. The van der Waals surface area contributed by atoms with Gasteiger partial charge in [0, 0.05) is 37.7 Å². The molecule has 3 N–H and O–H groups in total.